The van der Waals surface area contributed by atoms with E-state index in [-0.39, 0.29) is 16.3 Å². The number of non-ortho nitro benzene ring substituents is 1. The molecule has 0 spiro atoms. The molecule has 0 aliphatic heterocycles. The second-order valence-electron chi connectivity index (χ2n) is 8.64. The number of nitro benzene ring substituents is 1. The summed E-state index contributed by atoms with van der Waals surface area (Å²) in [4.78, 5) is 27.6. The summed E-state index contributed by atoms with van der Waals surface area (Å²) in [5.41, 5.74) is 0.587. The molecule has 1 aliphatic rings. The number of benzene rings is 1. The number of hydrogen-bond acceptors (Lipinski definition) is 5. The van der Waals surface area contributed by atoms with Gasteiger partial charge in [-0.1, -0.05) is 11.6 Å². The average Bonchev–Trinajstić information content (AvgIpc) is 3.45. The third-order valence-electron chi connectivity index (χ3n) is 5.24. The molecule has 0 saturated heterocycles. The Hall–Kier alpha value is -2.87. The van der Waals surface area contributed by atoms with Gasteiger partial charge in [0.1, 0.15) is 10.9 Å². The van der Waals surface area contributed by atoms with Crippen molar-refractivity contribution in [3.63, 3.8) is 0 Å². The highest BCUT2D eigenvalue weighted by Crippen LogP contribution is 2.47. The fourth-order valence-electron chi connectivity index (χ4n) is 3.16. The molecule has 0 unspecified atom stereocenters. The zero-order chi connectivity index (χ0) is 22.1. The van der Waals surface area contributed by atoms with Crippen LogP contribution in [0.15, 0.2) is 36.5 Å². The summed E-state index contributed by atoms with van der Waals surface area (Å²) in [6.45, 7) is 6.39. The highest BCUT2D eigenvalue weighted by Gasteiger charge is 2.47. The third kappa shape index (κ3) is 4.99. The maximum Gasteiger partial charge on any atom is 0.407 e. The maximum atomic E-state index is 11.6. The van der Waals surface area contributed by atoms with Crippen LogP contribution in [0.5, 0.6) is 5.75 Å². The Labute approximate surface area is 179 Å². The molecule has 0 atom stereocenters. The lowest BCUT2D eigenvalue weighted by Crippen LogP contribution is -2.48. The zero-order valence-corrected chi connectivity index (χ0v) is 17.8. The highest BCUT2D eigenvalue weighted by molar-refractivity contribution is 6.32. The topological polar surface area (TPSA) is 106 Å². The van der Waals surface area contributed by atoms with E-state index in [9.17, 15) is 20.0 Å². The van der Waals surface area contributed by atoms with Gasteiger partial charge in [0.15, 0.2) is 0 Å². The number of pyridine rings is 1. The number of halogens is 1. The van der Waals surface area contributed by atoms with Crippen molar-refractivity contribution >= 4 is 23.4 Å². The van der Waals surface area contributed by atoms with Crippen molar-refractivity contribution < 1.29 is 19.6 Å². The van der Waals surface area contributed by atoms with Crippen LogP contribution in [0.4, 0.5) is 10.5 Å². The van der Waals surface area contributed by atoms with E-state index in [4.69, 9.17) is 16.3 Å². The van der Waals surface area contributed by atoms with Gasteiger partial charge in [-0.2, -0.15) is 0 Å². The minimum absolute atomic E-state index is 0.00672. The van der Waals surface area contributed by atoms with E-state index >= 15 is 0 Å². The first-order valence-electron chi connectivity index (χ1n) is 9.55. The van der Waals surface area contributed by atoms with Crippen LogP contribution in [0.3, 0.4) is 0 Å². The van der Waals surface area contributed by atoms with Gasteiger partial charge in [-0.15, -0.1) is 0 Å². The lowest BCUT2D eigenvalue weighted by atomic mass is 10.0. The number of rotatable bonds is 7. The first kappa shape index (κ1) is 21.8. The molecule has 1 aromatic heterocycles. The van der Waals surface area contributed by atoms with Crippen molar-refractivity contribution in [3.8, 4) is 16.9 Å². The molecule has 1 amide bonds. The molecule has 0 bridgehead atoms. The quantitative estimate of drug-likeness (QED) is 0.363. The SMILES string of the molecule is CC(C)(C)N(CC1(COc2cnc(Cl)c(-c3ccc([N+](=O)[O-])cc3)c2)CC1)C(=O)O. The van der Waals surface area contributed by atoms with Gasteiger partial charge in [-0.05, 0) is 57.4 Å². The summed E-state index contributed by atoms with van der Waals surface area (Å²) in [6.07, 6.45) is 2.36. The number of aromatic nitrogens is 1. The van der Waals surface area contributed by atoms with Gasteiger partial charge in [0, 0.05) is 35.2 Å². The van der Waals surface area contributed by atoms with Gasteiger partial charge in [0.2, 0.25) is 0 Å². The molecule has 1 heterocycles. The molecular formula is C21H24ClN3O5. The van der Waals surface area contributed by atoms with Crippen molar-refractivity contribution in [2.24, 2.45) is 5.41 Å². The number of nitro groups is 1. The van der Waals surface area contributed by atoms with Crippen LogP contribution >= 0.6 is 11.6 Å². The van der Waals surface area contributed by atoms with E-state index in [1.165, 1.54) is 23.2 Å². The van der Waals surface area contributed by atoms with E-state index in [0.29, 0.717) is 30.0 Å². The Morgan fingerprint density at radius 1 is 1.33 bits per heavy atom. The second-order valence-corrected chi connectivity index (χ2v) is 9.00. The fourth-order valence-corrected chi connectivity index (χ4v) is 3.37. The van der Waals surface area contributed by atoms with Gasteiger partial charge in [-0.25, -0.2) is 9.78 Å². The Morgan fingerprint density at radius 3 is 2.47 bits per heavy atom. The van der Waals surface area contributed by atoms with Crippen LogP contribution in [-0.4, -0.2) is 44.7 Å². The predicted molar refractivity (Wildman–Crippen MR) is 113 cm³/mol. The van der Waals surface area contributed by atoms with Gasteiger partial charge < -0.3 is 14.7 Å². The Balaban J connectivity index is 1.73. The molecule has 8 nitrogen and oxygen atoms in total. The van der Waals surface area contributed by atoms with Crippen LogP contribution in [-0.2, 0) is 0 Å². The molecule has 0 radical (unpaired) electrons. The zero-order valence-electron chi connectivity index (χ0n) is 17.1. The van der Waals surface area contributed by atoms with E-state index in [2.05, 4.69) is 4.98 Å². The monoisotopic (exact) mass is 433 g/mol. The minimum atomic E-state index is -0.942. The van der Waals surface area contributed by atoms with Crippen LogP contribution in [0.25, 0.3) is 11.1 Å². The lowest BCUT2D eigenvalue weighted by molar-refractivity contribution is -0.384. The Bertz CT molecular complexity index is 952. The van der Waals surface area contributed by atoms with E-state index in [1.54, 1.807) is 18.2 Å². The summed E-state index contributed by atoms with van der Waals surface area (Å²) < 4.78 is 5.96. The van der Waals surface area contributed by atoms with E-state index < -0.39 is 16.6 Å². The molecule has 1 N–H and O–H groups in total. The van der Waals surface area contributed by atoms with Crippen molar-refractivity contribution in [2.75, 3.05) is 13.2 Å². The molecule has 30 heavy (non-hydrogen) atoms. The third-order valence-corrected chi connectivity index (χ3v) is 5.54. The maximum absolute atomic E-state index is 11.6. The summed E-state index contributed by atoms with van der Waals surface area (Å²) in [5.74, 6) is 0.511. The number of ether oxygens (including phenoxy) is 1. The van der Waals surface area contributed by atoms with Gasteiger partial charge in [0.25, 0.3) is 5.69 Å². The molecule has 1 aromatic carbocycles. The molecule has 2 aromatic rings. The Morgan fingerprint density at radius 2 is 1.97 bits per heavy atom. The molecule has 1 aliphatic carbocycles. The normalized spacial score (nSPS) is 14.8. The number of hydrogen-bond donors (Lipinski definition) is 1. The van der Waals surface area contributed by atoms with Crippen molar-refractivity contribution in [2.45, 2.75) is 39.2 Å². The van der Waals surface area contributed by atoms with Crippen molar-refractivity contribution in [1.82, 2.24) is 9.88 Å². The van der Waals surface area contributed by atoms with Crippen LogP contribution in [0.2, 0.25) is 5.15 Å². The first-order chi connectivity index (χ1) is 14.0. The van der Waals surface area contributed by atoms with Crippen LogP contribution < -0.4 is 4.74 Å². The van der Waals surface area contributed by atoms with E-state index in [0.717, 1.165) is 12.8 Å². The smallest absolute Gasteiger partial charge is 0.407 e. The standard InChI is InChI=1S/C21H24ClN3O5/c1-20(2,3)24(19(26)27)12-21(8-9-21)13-30-16-10-17(18(22)23-11-16)14-4-6-15(7-5-14)25(28)29/h4-7,10-11H,8-9,12-13H2,1-3H3,(H,26,27). The summed E-state index contributed by atoms with van der Waals surface area (Å²) in [6, 6.07) is 7.78. The van der Waals surface area contributed by atoms with Gasteiger partial charge in [-0.3, -0.25) is 10.1 Å². The highest BCUT2D eigenvalue weighted by atomic mass is 35.5. The second kappa shape index (κ2) is 8.10. The fraction of sp³-hybridized carbons (Fsp3) is 0.429. The van der Waals surface area contributed by atoms with Gasteiger partial charge in [0.05, 0.1) is 17.7 Å². The number of carbonyl (C=O) groups is 1. The number of amides is 1. The van der Waals surface area contributed by atoms with Crippen LogP contribution in [0, 0.1) is 15.5 Å². The summed E-state index contributed by atoms with van der Waals surface area (Å²) in [5, 5.41) is 20.7. The van der Waals surface area contributed by atoms with Crippen molar-refractivity contribution in [3.05, 3.63) is 51.8 Å². The molecular weight excluding hydrogens is 410 g/mol. The molecule has 9 heteroatoms. The Kier molecular flexibility index (Phi) is 5.90. The van der Waals surface area contributed by atoms with E-state index in [1.807, 2.05) is 20.8 Å². The minimum Gasteiger partial charge on any atom is -0.491 e. The van der Waals surface area contributed by atoms with Crippen molar-refractivity contribution in [1.29, 1.82) is 0 Å². The first-order valence-corrected chi connectivity index (χ1v) is 9.92. The van der Waals surface area contributed by atoms with Crippen LogP contribution in [0.1, 0.15) is 33.6 Å². The number of carboxylic acid groups (broad SMARTS) is 1. The van der Waals surface area contributed by atoms with Gasteiger partial charge >= 0.3 is 6.09 Å². The average molecular weight is 434 g/mol. The molecule has 1 fully saturated rings. The molecule has 3 rings (SSSR count). The summed E-state index contributed by atoms with van der Waals surface area (Å²) >= 11 is 6.22. The predicted octanol–water partition coefficient (Wildman–Crippen LogP) is 5.25. The molecule has 160 valence electrons. The molecule has 1 saturated carbocycles. The lowest BCUT2D eigenvalue weighted by Gasteiger charge is -2.36. The largest absolute Gasteiger partial charge is 0.491 e. The number of nitrogens with zero attached hydrogens (tertiary/aromatic N) is 3. The summed E-state index contributed by atoms with van der Waals surface area (Å²) in [7, 11) is 0.